The van der Waals surface area contributed by atoms with E-state index in [1.54, 1.807) is 30.5 Å². The molecule has 44 heavy (non-hydrogen) atoms. The number of carbonyl (C=O) groups excluding carboxylic acids is 2. The molecule has 4 unspecified atom stereocenters. The number of allylic oxidation sites excluding steroid dienone is 2. The Morgan fingerprint density at radius 1 is 1.02 bits per heavy atom. The first-order valence-electron chi connectivity index (χ1n) is 15.9. The number of ketones is 1. The topological polar surface area (TPSA) is 116 Å². The van der Waals surface area contributed by atoms with Crippen LogP contribution in [0.2, 0.25) is 0 Å². The van der Waals surface area contributed by atoms with Crippen molar-refractivity contribution < 1.29 is 47.0 Å². The maximum Gasteiger partial charge on any atom is 0.305 e. The molecule has 3 aliphatic rings. The summed E-state index contributed by atoms with van der Waals surface area (Å²) in [4.78, 5) is 25.4. The third-order valence-corrected chi connectivity index (χ3v) is 9.06. The fourth-order valence-corrected chi connectivity index (χ4v) is 6.18. The SMILES string of the molecule is COC(=O)CCCC=CC[C@H]1C(=O)C[C@@H](OC2CCCCO2)[C@@H]1OCC(COc1ccc(S(C)=O)cc1)OC1CCCCO1. The third-order valence-electron chi connectivity index (χ3n) is 8.13. The summed E-state index contributed by atoms with van der Waals surface area (Å²) in [6, 6.07) is 7.16. The lowest BCUT2D eigenvalue weighted by atomic mass is 9.99. The molecule has 0 radical (unpaired) electrons. The summed E-state index contributed by atoms with van der Waals surface area (Å²) in [5.41, 5.74) is 0. The van der Waals surface area contributed by atoms with Crippen LogP contribution in [0.15, 0.2) is 41.3 Å². The zero-order chi connectivity index (χ0) is 31.1. The normalized spacial score (nSPS) is 27.3. The summed E-state index contributed by atoms with van der Waals surface area (Å²) in [6.45, 7) is 1.71. The van der Waals surface area contributed by atoms with Crippen molar-refractivity contribution in [2.75, 3.05) is 39.8 Å². The number of unbranched alkanes of at least 4 members (excludes halogenated alkanes) is 1. The number of esters is 1. The summed E-state index contributed by atoms with van der Waals surface area (Å²) in [6.07, 6.45) is 11.8. The molecular weight excluding hydrogens is 588 g/mol. The van der Waals surface area contributed by atoms with Crippen molar-refractivity contribution >= 4 is 22.6 Å². The number of hydrogen-bond acceptors (Lipinski definition) is 10. The Bertz CT molecular complexity index is 1060. The molecule has 2 aliphatic heterocycles. The molecule has 0 N–H and O–H groups in total. The molecule has 246 valence electrons. The number of ether oxygens (including phenoxy) is 7. The van der Waals surface area contributed by atoms with Crippen LogP contribution in [-0.2, 0) is 48.8 Å². The van der Waals surface area contributed by atoms with Gasteiger partial charge in [0.2, 0.25) is 0 Å². The van der Waals surface area contributed by atoms with Gasteiger partial charge in [0.15, 0.2) is 12.6 Å². The van der Waals surface area contributed by atoms with Crippen molar-refractivity contribution in [1.82, 2.24) is 0 Å². The second-order valence-corrected chi connectivity index (χ2v) is 12.9. The van der Waals surface area contributed by atoms with Gasteiger partial charge in [0.25, 0.3) is 0 Å². The van der Waals surface area contributed by atoms with E-state index in [0.717, 1.165) is 49.8 Å². The number of hydrogen-bond donors (Lipinski definition) is 0. The van der Waals surface area contributed by atoms with Crippen LogP contribution in [-0.4, -0.2) is 86.6 Å². The van der Waals surface area contributed by atoms with Gasteiger partial charge in [-0.3, -0.25) is 13.8 Å². The van der Waals surface area contributed by atoms with E-state index in [0.29, 0.717) is 38.2 Å². The Balaban J connectivity index is 1.40. The molecule has 10 nitrogen and oxygen atoms in total. The molecule has 2 saturated heterocycles. The summed E-state index contributed by atoms with van der Waals surface area (Å²) in [5, 5.41) is 0. The number of Topliss-reactive ketones (excluding diaryl/α,β-unsaturated/α-hetero) is 1. The molecule has 1 aliphatic carbocycles. The van der Waals surface area contributed by atoms with Gasteiger partial charge in [-0.25, -0.2) is 0 Å². The van der Waals surface area contributed by atoms with Crippen molar-refractivity contribution in [3.05, 3.63) is 36.4 Å². The lowest BCUT2D eigenvalue weighted by Gasteiger charge is -2.32. The number of rotatable bonds is 17. The van der Waals surface area contributed by atoms with Crippen LogP contribution in [0, 0.1) is 5.92 Å². The van der Waals surface area contributed by atoms with Crippen LogP contribution in [0.3, 0.4) is 0 Å². The zero-order valence-corrected chi connectivity index (χ0v) is 26.8. The third kappa shape index (κ3) is 11.3. The van der Waals surface area contributed by atoms with Crippen LogP contribution >= 0.6 is 0 Å². The van der Waals surface area contributed by atoms with Crippen LogP contribution in [0.1, 0.15) is 70.6 Å². The Morgan fingerprint density at radius 3 is 2.41 bits per heavy atom. The highest BCUT2D eigenvalue weighted by Gasteiger charge is 2.45. The van der Waals surface area contributed by atoms with Crippen molar-refractivity contribution in [3.63, 3.8) is 0 Å². The highest BCUT2D eigenvalue weighted by molar-refractivity contribution is 7.84. The highest BCUT2D eigenvalue weighted by Crippen LogP contribution is 2.33. The van der Waals surface area contributed by atoms with E-state index >= 15 is 0 Å². The summed E-state index contributed by atoms with van der Waals surface area (Å²) in [5.74, 6) is 0.152. The van der Waals surface area contributed by atoms with E-state index in [4.69, 9.17) is 33.2 Å². The largest absolute Gasteiger partial charge is 0.491 e. The van der Waals surface area contributed by atoms with Crippen molar-refractivity contribution in [2.24, 2.45) is 5.92 Å². The first kappa shape index (κ1) is 34.7. The summed E-state index contributed by atoms with van der Waals surface area (Å²) in [7, 11) is 0.319. The van der Waals surface area contributed by atoms with E-state index < -0.39 is 29.1 Å². The fraction of sp³-hybridized carbons (Fsp3) is 0.697. The van der Waals surface area contributed by atoms with Gasteiger partial charge < -0.3 is 33.2 Å². The van der Waals surface area contributed by atoms with Gasteiger partial charge >= 0.3 is 5.97 Å². The number of carbonyl (C=O) groups is 2. The molecule has 2 heterocycles. The molecular formula is C33H48O10S. The van der Waals surface area contributed by atoms with Crippen LogP contribution in [0.5, 0.6) is 5.75 Å². The second-order valence-electron chi connectivity index (χ2n) is 11.5. The lowest BCUT2D eigenvalue weighted by Crippen LogP contribution is -2.40. The van der Waals surface area contributed by atoms with Crippen LogP contribution in [0.25, 0.3) is 0 Å². The van der Waals surface area contributed by atoms with Crippen molar-refractivity contribution in [3.8, 4) is 5.75 Å². The minimum Gasteiger partial charge on any atom is -0.491 e. The average Bonchev–Trinajstić information content (AvgIpc) is 3.33. The lowest BCUT2D eigenvalue weighted by molar-refractivity contribution is -0.226. The molecule has 0 spiro atoms. The molecule has 1 aromatic rings. The second kappa shape index (κ2) is 18.7. The molecule has 0 bridgehead atoms. The predicted molar refractivity (Wildman–Crippen MR) is 164 cm³/mol. The van der Waals surface area contributed by atoms with E-state index in [9.17, 15) is 13.8 Å². The molecule has 0 amide bonds. The molecule has 0 aromatic heterocycles. The maximum atomic E-state index is 13.2. The smallest absolute Gasteiger partial charge is 0.305 e. The van der Waals surface area contributed by atoms with Gasteiger partial charge in [-0.05, 0) is 82.1 Å². The van der Waals surface area contributed by atoms with Gasteiger partial charge in [-0.2, -0.15) is 0 Å². The zero-order valence-electron chi connectivity index (χ0n) is 26.0. The molecule has 3 fully saturated rings. The van der Waals surface area contributed by atoms with Crippen molar-refractivity contribution in [1.29, 1.82) is 0 Å². The van der Waals surface area contributed by atoms with E-state index in [2.05, 4.69) is 0 Å². The first-order valence-corrected chi connectivity index (χ1v) is 17.4. The Morgan fingerprint density at radius 2 is 1.75 bits per heavy atom. The first-order chi connectivity index (χ1) is 21.4. The van der Waals surface area contributed by atoms with Gasteiger partial charge in [-0.15, -0.1) is 0 Å². The number of methoxy groups -OCH3 is 1. The van der Waals surface area contributed by atoms with E-state index in [1.165, 1.54) is 7.11 Å². The summed E-state index contributed by atoms with van der Waals surface area (Å²) >= 11 is 0. The van der Waals surface area contributed by atoms with Gasteiger partial charge in [0, 0.05) is 48.0 Å². The quantitative estimate of drug-likeness (QED) is 0.133. The molecule has 1 aromatic carbocycles. The number of benzene rings is 1. The standard InChI is InChI=1S/C33H48O10S/c1-37-30(35)12-6-4-3-5-11-27-28(34)21-29(43-32-14-8-10-20-39-32)33(27)41-23-25(42-31-13-7-9-19-38-31)22-40-24-15-17-26(18-16-24)44(2)36/h3,5,15-18,25,27,29,31-33H,4,6-14,19-23H2,1-2H3/t25?,27-,29+,31?,32?,33+,44?/m0/s1. The van der Waals surface area contributed by atoms with E-state index in [-0.39, 0.29) is 49.9 Å². The Hall–Kier alpha value is -2.15. The Labute approximate surface area is 263 Å². The Kier molecular flexibility index (Phi) is 14.8. The monoisotopic (exact) mass is 636 g/mol. The maximum absolute atomic E-state index is 13.2. The molecule has 4 rings (SSSR count). The highest BCUT2D eigenvalue weighted by atomic mass is 32.2. The van der Waals surface area contributed by atoms with Crippen LogP contribution < -0.4 is 4.74 Å². The minimum absolute atomic E-state index is 0.104. The van der Waals surface area contributed by atoms with Crippen LogP contribution in [0.4, 0.5) is 0 Å². The van der Waals surface area contributed by atoms with Crippen molar-refractivity contribution in [2.45, 2.75) is 106 Å². The van der Waals surface area contributed by atoms with Gasteiger partial charge in [-0.1, -0.05) is 12.2 Å². The predicted octanol–water partition coefficient (Wildman–Crippen LogP) is 4.89. The fourth-order valence-electron chi connectivity index (χ4n) is 5.66. The average molecular weight is 637 g/mol. The minimum atomic E-state index is -1.07. The van der Waals surface area contributed by atoms with Gasteiger partial charge in [0.05, 0.1) is 31.8 Å². The molecule has 7 atom stereocenters. The molecule has 1 saturated carbocycles. The molecule has 11 heteroatoms. The van der Waals surface area contributed by atoms with Gasteiger partial charge in [0.1, 0.15) is 24.2 Å². The van der Waals surface area contributed by atoms with E-state index in [1.807, 2.05) is 12.2 Å². The summed E-state index contributed by atoms with van der Waals surface area (Å²) < 4.78 is 53.3.